The van der Waals surface area contributed by atoms with Gasteiger partial charge in [0.15, 0.2) is 5.13 Å². The minimum absolute atomic E-state index is 0.284. The predicted molar refractivity (Wildman–Crippen MR) is 111 cm³/mol. The Morgan fingerprint density at radius 1 is 1.08 bits per heavy atom. The SMILES string of the molecule is CCCc1sc(NC(=O)c2ccccc2Cl)nc1-c1ccc(Cl)c(Cl)c1. The molecule has 0 fully saturated rings. The fraction of sp³-hybridized carbons (Fsp3) is 0.158. The predicted octanol–water partition coefficient (Wildman–Crippen LogP) is 6.98. The Labute approximate surface area is 170 Å². The molecule has 0 unspecified atom stereocenters. The first-order valence-corrected chi connectivity index (χ1v) is 9.95. The molecule has 0 aliphatic carbocycles. The van der Waals surface area contributed by atoms with Crippen LogP contribution in [0.4, 0.5) is 5.13 Å². The molecule has 3 rings (SSSR count). The van der Waals surface area contributed by atoms with Gasteiger partial charge in [-0.3, -0.25) is 10.1 Å². The van der Waals surface area contributed by atoms with Crippen LogP contribution in [0.5, 0.6) is 0 Å². The molecule has 0 saturated heterocycles. The van der Waals surface area contributed by atoms with E-state index in [0.29, 0.717) is 25.8 Å². The van der Waals surface area contributed by atoms with Gasteiger partial charge < -0.3 is 0 Å². The minimum Gasteiger partial charge on any atom is -0.298 e. The van der Waals surface area contributed by atoms with Crippen LogP contribution in [0.3, 0.4) is 0 Å². The van der Waals surface area contributed by atoms with Crippen molar-refractivity contribution in [3.63, 3.8) is 0 Å². The van der Waals surface area contributed by atoms with Gasteiger partial charge in [-0.25, -0.2) is 4.98 Å². The van der Waals surface area contributed by atoms with Gasteiger partial charge in [0.05, 0.1) is 26.3 Å². The lowest BCUT2D eigenvalue weighted by Crippen LogP contribution is -2.12. The fourth-order valence-corrected chi connectivity index (χ4v) is 4.08. The van der Waals surface area contributed by atoms with Crippen molar-refractivity contribution >= 4 is 57.2 Å². The number of hydrogen-bond acceptors (Lipinski definition) is 3. The van der Waals surface area contributed by atoms with Crippen molar-refractivity contribution in [3.8, 4) is 11.3 Å². The summed E-state index contributed by atoms with van der Waals surface area (Å²) in [5.74, 6) is -0.284. The lowest BCUT2D eigenvalue weighted by atomic mass is 10.1. The van der Waals surface area contributed by atoms with E-state index in [1.807, 2.05) is 6.07 Å². The zero-order valence-electron chi connectivity index (χ0n) is 13.9. The van der Waals surface area contributed by atoms with Crippen molar-refractivity contribution in [1.29, 1.82) is 0 Å². The maximum absolute atomic E-state index is 12.5. The molecule has 3 aromatic rings. The van der Waals surface area contributed by atoms with Gasteiger partial charge in [0.2, 0.25) is 0 Å². The highest BCUT2D eigenvalue weighted by atomic mass is 35.5. The van der Waals surface area contributed by atoms with Crippen molar-refractivity contribution < 1.29 is 4.79 Å². The van der Waals surface area contributed by atoms with E-state index in [-0.39, 0.29) is 5.91 Å². The Balaban J connectivity index is 1.93. The molecule has 1 N–H and O–H groups in total. The van der Waals surface area contributed by atoms with Gasteiger partial charge in [-0.2, -0.15) is 0 Å². The van der Waals surface area contributed by atoms with Gasteiger partial charge in [0, 0.05) is 10.4 Å². The molecular weight excluding hydrogens is 411 g/mol. The second kappa shape index (κ2) is 8.40. The highest BCUT2D eigenvalue weighted by molar-refractivity contribution is 7.16. The number of amides is 1. The molecule has 26 heavy (non-hydrogen) atoms. The number of anilines is 1. The highest BCUT2D eigenvalue weighted by Crippen LogP contribution is 2.35. The molecule has 0 spiro atoms. The molecule has 7 heteroatoms. The van der Waals surface area contributed by atoms with Crippen LogP contribution in [0.15, 0.2) is 42.5 Å². The van der Waals surface area contributed by atoms with Crippen LogP contribution in [-0.2, 0) is 6.42 Å². The number of aryl methyl sites for hydroxylation is 1. The molecule has 1 amide bonds. The lowest BCUT2D eigenvalue weighted by Gasteiger charge is -2.03. The Bertz CT molecular complexity index is 956. The first kappa shape index (κ1) is 19.2. The largest absolute Gasteiger partial charge is 0.298 e. The summed E-state index contributed by atoms with van der Waals surface area (Å²) in [6.45, 7) is 2.10. The average molecular weight is 426 g/mol. The van der Waals surface area contributed by atoms with E-state index in [0.717, 1.165) is 29.0 Å². The third kappa shape index (κ3) is 4.21. The summed E-state index contributed by atoms with van der Waals surface area (Å²) in [6, 6.07) is 12.3. The summed E-state index contributed by atoms with van der Waals surface area (Å²) >= 11 is 19.7. The standard InChI is InChI=1S/C19H15Cl3N2OS/c1-2-5-16-17(11-8-9-14(21)15(22)10-11)23-19(26-16)24-18(25)12-6-3-4-7-13(12)20/h3-4,6-10H,2,5H2,1H3,(H,23,24,25). The molecule has 0 saturated carbocycles. The Morgan fingerprint density at radius 3 is 2.54 bits per heavy atom. The molecule has 0 bridgehead atoms. The van der Waals surface area contributed by atoms with Gasteiger partial charge >= 0.3 is 0 Å². The highest BCUT2D eigenvalue weighted by Gasteiger charge is 2.17. The van der Waals surface area contributed by atoms with E-state index < -0.39 is 0 Å². The van der Waals surface area contributed by atoms with Gasteiger partial charge in [0.1, 0.15) is 0 Å². The van der Waals surface area contributed by atoms with Crippen molar-refractivity contribution in [2.45, 2.75) is 19.8 Å². The number of aromatic nitrogens is 1. The third-order valence-electron chi connectivity index (χ3n) is 3.71. The number of benzene rings is 2. The van der Waals surface area contributed by atoms with Crippen molar-refractivity contribution in [2.24, 2.45) is 0 Å². The van der Waals surface area contributed by atoms with E-state index in [2.05, 4.69) is 17.2 Å². The lowest BCUT2D eigenvalue weighted by molar-refractivity contribution is 0.102. The number of carbonyl (C=O) groups is 1. The van der Waals surface area contributed by atoms with Gasteiger partial charge in [-0.15, -0.1) is 11.3 Å². The summed E-state index contributed by atoms with van der Waals surface area (Å²) in [4.78, 5) is 18.2. The number of thiazole rings is 1. The van der Waals surface area contributed by atoms with Crippen molar-refractivity contribution in [1.82, 2.24) is 4.98 Å². The molecule has 0 aliphatic heterocycles. The number of halogens is 3. The van der Waals surface area contributed by atoms with Crippen molar-refractivity contribution in [2.75, 3.05) is 5.32 Å². The zero-order valence-corrected chi connectivity index (χ0v) is 16.9. The first-order chi connectivity index (χ1) is 12.5. The summed E-state index contributed by atoms with van der Waals surface area (Å²) < 4.78 is 0. The summed E-state index contributed by atoms with van der Waals surface area (Å²) in [7, 11) is 0. The second-order valence-corrected chi connectivity index (χ2v) is 7.91. The van der Waals surface area contributed by atoms with E-state index in [1.165, 1.54) is 11.3 Å². The molecule has 134 valence electrons. The van der Waals surface area contributed by atoms with Crippen LogP contribution < -0.4 is 5.32 Å². The van der Waals surface area contributed by atoms with Crippen LogP contribution in [0, 0.1) is 0 Å². The molecule has 3 nitrogen and oxygen atoms in total. The number of nitrogens with zero attached hydrogens (tertiary/aromatic N) is 1. The van der Waals surface area contributed by atoms with Crippen LogP contribution in [0.25, 0.3) is 11.3 Å². The average Bonchev–Trinajstić information content (AvgIpc) is 3.00. The minimum atomic E-state index is -0.284. The van der Waals surface area contributed by atoms with E-state index in [4.69, 9.17) is 34.8 Å². The monoisotopic (exact) mass is 424 g/mol. The van der Waals surface area contributed by atoms with Gasteiger partial charge in [0.25, 0.3) is 5.91 Å². The molecule has 1 aromatic heterocycles. The second-order valence-electron chi connectivity index (χ2n) is 5.60. The molecule has 0 atom stereocenters. The zero-order chi connectivity index (χ0) is 18.7. The molecule has 0 aliphatic rings. The van der Waals surface area contributed by atoms with Gasteiger partial charge in [-0.1, -0.05) is 66.3 Å². The summed E-state index contributed by atoms with van der Waals surface area (Å²) in [5.41, 5.74) is 2.10. The molecule has 2 aromatic carbocycles. The quantitative estimate of drug-likeness (QED) is 0.479. The number of rotatable bonds is 5. The van der Waals surface area contributed by atoms with Crippen LogP contribution in [-0.4, -0.2) is 10.9 Å². The van der Waals surface area contributed by atoms with Crippen LogP contribution >= 0.6 is 46.1 Å². The molecule has 0 radical (unpaired) electrons. The summed E-state index contributed by atoms with van der Waals surface area (Å²) in [5, 5.41) is 4.74. The topological polar surface area (TPSA) is 42.0 Å². The normalized spacial score (nSPS) is 10.8. The Hall–Kier alpha value is -1.59. The third-order valence-corrected chi connectivity index (χ3v) is 5.81. The number of nitrogens with one attached hydrogen (secondary N) is 1. The first-order valence-electron chi connectivity index (χ1n) is 8.00. The maximum Gasteiger partial charge on any atom is 0.258 e. The summed E-state index contributed by atoms with van der Waals surface area (Å²) in [6.07, 6.45) is 1.82. The Morgan fingerprint density at radius 2 is 1.85 bits per heavy atom. The molecular formula is C19H15Cl3N2OS. The van der Waals surface area contributed by atoms with E-state index in [1.54, 1.807) is 36.4 Å². The van der Waals surface area contributed by atoms with Gasteiger partial charge in [-0.05, 0) is 30.7 Å². The van der Waals surface area contributed by atoms with E-state index in [9.17, 15) is 4.79 Å². The van der Waals surface area contributed by atoms with Crippen LogP contribution in [0.1, 0.15) is 28.6 Å². The van der Waals surface area contributed by atoms with Crippen LogP contribution in [0.2, 0.25) is 15.1 Å². The van der Waals surface area contributed by atoms with Crippen molar-refractivity contribution in [3.05, 3.63) is 68.0 Å². The van der Waals surface area contributed by atoms with E-state index >= 15 is 0 Å². The smallest absolute Gasteiger partial charge is 0.258 e. The fourth-order valence-electron chi connectivity index (χ4n) is 2.48. The Kier molecular flexibility index (Phi) is 6.20. The maximum atomic E-state index is 12.5. The molecule has 1 heterocycles. The number of hydrogen-bond donors (Lipinski definition) is 1. The number of carbonyl (C=O) groups excluding carboxylic acids is 1.